The molecule has 1 amide bonds. The molecule has 3 aliphatic rings. The van der Waals surface area contributed by atoms with Gasteiger partial charge in [-0.1, -0.05) is 314 Å². The first-order valence-corrected chi connectivity index (χ1v) is 41.2. The molecule has 0 spiro atoms. The summed E-state index contributed by atoms with van der Waals surface area (Å²) < 4.78 is 34.4. The van der Waals surface area contributed by atoms with E-state index in [9.17, 15) is 61.0 Å². The van der Waals surface area contributed by atoms with E-state index in [1.165, 1.54) is 270 Å². The van der Waals surface area contributed by atoms with Gasteiger partial charge in [-0.25, -0.2) is 0 Å². The highest BCUT2D eigenvalue weighted by molar-refractivity contribution is 5.76. The quantitative estimate of drug-likeness (QED) is 0.0199. The summed E-state index contributed by atoms with van der Waals surface area (Å²) in [6, 6.07) is -0.989. The van der Waals surface area contributed by atoms with Gasteiger partial charge in [-0.3, -0.25) is 4.79 Å². The van der Waals surface area contributed by atoms with Crippen LogP contribution in [0, 0.1) is 0 Å². The molecule has 3 saturated heterocycles. The van der Waals surface area contributed by atoms with Crippen molar-refractivity contribution < 1.29 is 89.4 Å². The molecular formula is C81H151NO18. The maximum absolute atomic E-state index is 13.5. The van der Waals surface area contributed by atoms with Gasteiger partial charge in [0.05, 0.1) is 38.6 Å². The summed E-state index contributed by atoms with van der Waals surface area (Å²) in [5, 5.41) is 121. The average molecular weight is 1430 g/mol. The second-order valence-electron chi connectivity index (χ2n) is 29.6. The number of carbonyl (C=O) groups excluding carboxylic acids is 1. The first-order valence-electron chi connectivity index (χ1n) is 41.2. The minimum atomic E-state index is -1.98. The van der Waals surface area contributed by atoms with E-state index in [2.05, 4.69) is 43.5 Å². The van der Waals surface area contributed by atoms with Crippen LogP contribution in [0.4, 0.5) is 0 Å². The molecule has 0 aromatic rings. The van der Waals surface area contributed by atoms with Gasteiger partial charge in [-0.15, -0.1) is 0 Å². The Morgan fingerprint density at radius 2 is 0.640 bits per heavy atom. The number of ether oxygens (including phenoxy) is 6. The molecule has 3 aliphatic heterocycles. The fourth-order valence-corrected chi connectivity index (χ4v) is 14.0. The number of carbonyl (C=O) groups is 1. The van der Waals surface area contributed by atoms with Gasteiger partial charge in [0.1, 0.15) is 73.2 Å². The Balaban J connectivity index is 1.34. The molecule has 0 aliphatic carbocycles. The van der Waals surface area contributed by atoms with Gasteiger partial charge < -0.3 is 89.9 Å². The molecule has 0 bridgehead atoms. The van der Waals surface area contributed by atoms with Gasteiger partial charge in [-0.2, -0.15) is 0 Å². The number of allylic oxidation sites excluding steroid dienone is 5. The van der Waals surface area contributed by atoms with Gasteiger partial charge in [0, 0.05) is 6.42 Å². The summed E-state index contributed by atoms with van der Waals surface area (Å²) in [5.74, 6) is -0.279. The van der Waals surface area contributed by atoms with Crippen LogP contribution in [-0.4, -0.2) is 193 Å². The number of hydrogen-bond acceptors (Lipinski definition) is 18. The summed E-state index contributed by atoms with van der Waals surface area (Å²) in [6.45, 7) is 1.76. The first kappa shape index (κ1) is 92.2. The minimum Gasteiger partial charge on any atom is -0.394 e. The van der Waals surface area contributed by atoms with Crippen LogP contribution >= 0.6 is 0 Å². The smallest absolute Gasteiger partial charge is 0.220 e. The highest BCUT2D eigenvalue weighted by atomic mass is 16.8. The number of nitrogens with one attached hydrogen (secondary N) is 1. The number of rotatable bonds is 66. The van der Waals surface area contributed by atoms with Crippen LogP contribution < -0.4 is 5.32 Å². The predicted octanol–water partition coefficient (Wildman–Crippen LogP) is 13.9. The van der Waals surface area contributed by atoms with E-state index < -0.39 is 124 Å². The largest absolute Gasteiger partial charge is 0.394 e. The highest BCUT2D eigenvalue weighted by Crippen LogP contribution is 2.33. The molecule has 17 unspecified atom stereocenters. The van der Waals surface area contributed by atoms with Crippen LogP contribution in [0.5, 0.6) is 0 Å². The lowest BCUT2D eigenvalue weighted by atomic mass is 9.96. The number of unbranched alkanes of at least 4 members (excludes halogenated alkanes) is 46. The third-order valence-corrected chi connectivity index (χ3v) is 20.7. The summed E-state index contributed by atoms with van der Waals surface area (Å²) in [4.78, 5) is 13.5. The van der Waals surface area contributed by atoms with Gasteiger partial charge in [0.25, 0.3) is 0 Å². The van der Waals surface area contributed by atoms with E-state index in [-0.39, 0.29) is 18.9 Å². The molecule has 100 heavy (non-hydrogen) atoms. The third kappa shape index (κ3) is 41.8. The van der Waals surface area contributed by atoms with E-state index in [0.29, 0.717) is 12.8 Å². The zero-order valence-electron chi connectivity index (χ0n) is 62.9. The Kier molecular flexibility index (Phi) is 57.3. The number of aliphatic hydroxyl groups excluding tert-OH is 11. The Morgan fingerprint density at radius 3 is 1.00 bits per heavy atom. The molecule has 0 aromatic heterocycles. The van der Waals surface area contributed by atoms with Crippen LogP contribution in [0.25, 0.3) is 0 Å². The molecule has 12 N–H and O–H groups in total. The molecule has 588 valence electrons. The second-order valence-corrected chi connectivity index (χ2v) is 29.6. The first-order chi connectivity index (χ1) is 48.8. The highest BCUT2D eigenvalue weighted by Gasteiger charge is 2.54. The van der Waals surface area contributed by atoms with E-state index in [0.717, 1.165) is 38.5 Å². The molecule has 0 aromatic carbocycles. The fourth-order valence-electron chi connectivity index (χ4n) is 14.0. The Hall–Kier alpha value is -1.99. The summed E-state index contributed by atoms with van der Waals surface area (Å²) in [7, 11) is 0. The van der Waals surface area contributed by atoms with Gasteiger partial charge in [0.15, 0.2) is 18.9 Å². The zero-order chi connectivity index (χ0) is 72.5. The fraction of sp³-hybridized carbons (Fsp3) is 0.914. The Bertz CT molecular complexity index is 1950. The van der Waals surface area contributed by atoms with Crippen LogP contribution in [0.3, 0.4) is 0 Å². The molecule has 0 saturated carbocycles. The summed E-state index contributed by atoms with van der Waals surface area (Å²) in [5.41, 5.74) is 0. The molecular weight excluding hydrogens is 1270 g/mol. The Labute approximate surface area is 606 Å². The van der Waals surface area contributed by atoms with Crippen LogP contribution in [0.2, 0.25) is 0 Å². The lowest BCUT2D eigenvalue weighted by molar-refractivity contribution is -0.379. The minimum absolute atomic E-state index is 0.240. The van der Waals surface area contributed by atoms with Gasteiger partial charge in [0.2, 0.25) is 5.91 Å². The molecule has 3 rings (SSSR count). The lowest BCUT2D eigenvalue weighted by Gasteiger charge is -2.48. The maximum Gasteiger partial charge on any atom is 0.220 e. The van der Waals surface area contributed by atoms with Gasteiger partial charge >= 0.3 is 0 Å². The van der Waals surface area contributed by atoms with E-state index in [4.69, 9.17) is 28.4 Å². The van der Waals surface area contributed by atoms with Crippen molar-refractivity contribution in [1.82, 2.24) is 5.32 Å². The van der Waals surface area contributed by atoms with Gasteiger partial charge in [-0.05, 0) is 57.8 Å². The lowest BCUT2D eigenvalue weighted by Crippen LogP contribution is -2.66. The normalized spacial score (nSPS) is 26.6. The topological polar surface area (TPSA) is 307 Å². The standard InChI is InChI=1S/C81H151NO18/c1-3-5-7-9-11-13-15-17-19-21-23-25-26-27-28-29-30-31-32-33-34-35-36-37-38-39-41-43-45-47-49-51-53-55-57-59-69(87)82-64(65(86)58-56-54-52-50-48-46-44-42-40-24-22-20-18-16-14-12-10-8-6-4-2)63-95-79-75(93)72(90)77(67(61-84)97-79)100-81-76(94)73(91)78(68(62-85)98-81)99-80-74(92)71(89)70(88)66(60-83)96-80/h21,23,48,50,56,58,64-68,70-81,83-86,88-94H,3-20,22,24-47,49,51-55,57,59-63H2,1-2H3,(H,82,87)/b23-21-,50-48+,58-56+. The Morgan fingerprint density at radius 1 is 0.350 bits per heavy atom. The molecule has 19 heteroatoms. The van der Waals surface area contributed by atoms with Crippen molar-refractivity contribution in [2.45, 2.75) is 446 Å². The van der Waals surface area contributed by atoms with Crippen molar-refractivity contribution in [3.8, 4) is 0 Å². The average Bonchev–Trinajstić information content (AvgIpc) is 0.783. The van der Waals surface area contributed by atoms with Crippen molar-refractivity contribution in [3.63, 3.8) is 0 Å². The number of aliphatic hydroxyl groups is 11. The van der Waals surface area contributed by atoms with E-state index in [1.807, 2.05) is 6.08 Å². The zero-order valence-corrected chi connectivity index (χ0v) is 62.9. The monoisotopic (exact) mass is 1430 g/mol. The molecule has 19 nitrogen and oxygen atoms in total. The third-order valence-electron chi connectivity index (χ3n) is 20.7. The molecule has 3 fully saturated rings. The van der Waals surface area contributed by atoms with Crippen LogP contribution in [0.1, 0.15) is 341 Å². The molecule has 3 heterocycles. The molecule has 0 radical (unpaired) electrons. The number of amides is 1. The van der Waals surface area contributed by atoms with Crippen LogP contribution in [-0.2, 0) is 33.2 Å². The molecule has 17 atom stereocenters. The predicted molar refractivity (Wildman–Crippen MR) is 397 cm³/mol. The van der Waals surface area contributed by atoms with Crippen molar-refractivity contribution >= 4 is 5.91 Å². The van der Waals surface area contributed by atoms with Crippen molar-refractivity contribution in [2.24, 2.45) is 0 Å². The van der Waals surface area contributed by atoms with E-state index in [1.54, 1.807) is 6.08 Å². The number of hydrogen-bond donors (Lipinski definition) is 12. The van der Waals surface area contributed by atoms with Crippen molar-refractivity contribution in [3.05, 3.63) is 36.5 Å². The summed E-state index contributed by atoms with van der Waals surface area (Å²) in [6.07, 6.45) is 50.1. The van der Waals surface area contributed by atoms with Crippen molar-refractivity contribution in [2.75, 3.05) is 26.4 Å². The van der Waals surface area contributed by atoms with Crippen LogP contribution in [0.15, 0.2) is 36.5 Å². The maximum atomic E-state index is 13.5. The SMILES string of the molecule is CCCCCCCCCC/C=C\CCCCCCCCCCCCCCCCCCCCCCCCCC(=O)NC(COC1OC(CO)C(OC2OC(CO)C(OC3OC(CO)C(O)C(O)C3O)C(O)C2O)C(O)C1O)C(O)/C=C/CC/C=C/CCCCCCCCCCCCCCCC. The van der Waals surface area contributed by atoms with E-state index >= 15 is 0 Å². The van der Waals surface area contributed by atoms with Crippen molar-refractivity contribution in [1.29, 1.82) is 0 Å². The summed E-state index contributed by atoms with van der Waals surface area (Å²) >= 11 is 0. The second kappa shape index (κ2) is 62.1.